The van der Waals surface area contributed by atoms with Crippen LogP contribution in [0.15, 0.2) is 77.3 Å². The van der Waals surface area contributed by atoms with Crippen molar-refractivity contribution in [3.8, 4) is 5.75 Å². The van der Waals surface area contributed by atoms with Crippen LogP contribution >= 0.6 is 28.1 Å². The fourth-order valence-electron chi connectivity index (χ4n) is 2.93. The maximum absolute atomic E-state index is 12.6. The van der Waals surface area contributed by atoms with Crippen LogP contribution in [0.5, 0.6) is 5.75 Å². The minimum atomic E-state index is -0.355. The number of carbonyl (C=O) groups excluding carboxylic acids is 2. The van der Waals surface area contributed by atoms with Crippen molar-refractivity contribution in [3.05, 3.63) is 94.0 Å². The summed E-state index contributed by atoms with van der Waals surface area (Å²) in [7, 11) is 0. The van der Waals surface area contributed by atoms with Gasteiger partial charge in [-0.1, -0.05) is 43.3 Å². The largest absolute Gasteiger partial charge is 0.492 e. The lowest BCUT2D eigenvalue weighted by molar-refractivity contribution is 0.0948. The van der Waals surface area contributed by atoms with Gasteiger partial charge >= 0.3 is 0 Å². The number of carbonyl (C=O) groups is 2. The van der Waals surface area contributed by atoms with Crippen LogP contribution in [-0.4, -0.2) is 23.5 Å². The van der Waals surface area contributed by atoms with Gasteiger partial charge in [0, 0.05) is 23.4 Å². The summed E-state index contributed by atoms with van der Waals surface area (Å²) in [6.45, 7) is 3.06. The first-order valence-electron chi connectivity index (χ1n) is 10.4. The molecule has 2 amide bonds. The van der Waals surface area contributed by atoms with E-state index in [1.165, 1.54) is 0 Å². The van der Waals surface area contributed by atoms with Crippen LogP contribution in [0.25, 0.3) is 0 Å². The van der Waals surface area contributed by atoms with Crippen LogP contribution in [0.2, 0.25) is 0 Å². The van der Waals surface area contributed by atoms with Gasteiger partial charge in [-0.2, -0.15) is 0 Å². The number of nitrogens with one attached hydrogen (secondary N) is 3. The first-order chi connectivity index (χ1) is 16.0. The Kier molecular flexibility index (Phi) is 8.97. The monoisotopic (exact) mass is 525 g/mol. The Morgan fingerprint density at radius 3 is 2.42 bits per heavy atom. The van der Waals surface area contributed by atoms with Crippen molar-refractivity contribution in [1.29, 1.82) is 0 Å². The van der Waals surface area contributed by atoms with Gasteiger partial charge in [0.1, 0.15) is 5.75 Å². The van der Waals surface area contributed by atoms with Gasteiger partial charge in [0.2, 0.25) is 0 Å². The van der Waals surface area contributed by atoms with Crippen LogP contribution in [0.1, 0.15) is 39.6 Å². The Morgan fingerprint density at radius 1 is 0.939 bits per heavy atom. The third kappa shape index (κ3) is 7.40. The summed E-state index contributed by atoms with van der Waals surface area (Å²) in [5, 5.41) is 8.61. The first-order valence-corrected chi connectivity index (χ1v) is 11.6. The molecule has 0 saturated heterocycles. The lowest BCUT2D eigenvalue weighted by Crippen LogP contribution is -2.34. The highest BCUT2D eigenvalue weighted by atomic mass is 79.9. The molecule has 0 radical (unpaired) electrons. The third-order valence-corrected chi connectivity index (χ3v) is 5.39. The Morgan fingerprint density at radius 2 is 1.70 bits per heavy atom. The standard InChI is InChI=1S/C25H24BrN3O3S/c1-2-13-32-22-12-11-19(15-21(22)26)24(31)29-25(33)28-20-10-6-9-18(14-20)23(30)27-16-17-7-4-3-5-8-17/h3-12,14-15H,2,13,16H2,1H3,(H,27,30)(H2,28,29,31,33). The lowest BCUT2D eigenvalue weighted by atomic mass is 10.1. The highest BCUT2D eigenvalue weighted by Crippen LogP contribution is 2.26. The number of hydrogen-bond donors (Lipinski definition) is 3. The van der Waals surface area contributed by atoms with Gasteiger partial charge < -0.3 is 15.4 Å². The molecule has 8 heteroatoms. The molecule has 0 atom stereocenters. The van der Waals surface area contributed by atoms with Crippen molar-refractivity contribution >= 4 is 50.8 Å². The molecule has 3 aromatic carbocycles. The van der Waals surface area contributed by atoms with Crippen molar-refractivity contribution in [1.82, 2.24) is 10.6 Å². The normalized spacial score (nSPS) is 10.2. The van der Waals surface area contributed by atoms with E-state index in [1.807, 2.05) is 37.3 Å². The Bertz CT molecular complexity index is 1140. The Balaban J connectivity index is 1.56. The minimum absolute atomic E-state index is 0.129. The number of hydrogen-bond acceptors (Lipinski definition) is 4. The number of rotatable bonds is 8. The summed E-state index contributed by atoms with van der Waals surface area (Å²) < 4.78 is 6.30. The summed E-state index contributed by atoms with van der Waals surface area (Å²) in [5.74, 6) is 0.121. The van der Waals surface area contributed by atoms with Gasteiger partial charge in [0.15, 0.2) is 5.11 Å². The number of benzene rings is 3. The average Bonchev–Trinajstić information content (AvgIpc) is 2.82. The molecule has 0 fully saturated rings. The molecule has 0 unspecified atom stereocenters. The second-order valence-corrected chi connectivity index (χ2v) is 8.41. The predicted molar refractivity (Wildman–Crippen MR) is 138 cm³/mol. The molecule has 3 rings (SSSR count). The van der Waals surface area contributed by atoms with Gasteiger partial charge in [-0.25, -0.2) is 0 Å². The van der Waals surface area contributed by atoms with E-state index in [9.17, 15) is 9.59 Å². The van der Waals surface area contributed by atoms with Crippen molar-refractivity contribution in [2.24, 2.45) is 0 Å². The minimum Gasteiger partial charge on any atom is -0.492 e. The van der Waals surface area contributed by atoms with Gasteiger partial charge in [-0.15, -0.1) is 0 Å². The SMILES string of the molecule is CCCOc1ccc(C(=O)NC(=S)Nc2cccc(C(=O)NCc3ccccc3)c2)cc1Br. The summed E-state index contributed by atoms with van der Waals surface area (Å²) in [4.78, 5) is 25.0. The molecule has 0 aromatic heterocycles. The highest BCUT2D eigenvalue weighted by Gasteiger charge is 2.12. The van der Waals surface area contributed by atoms with E-state index >= 15 is 0 Å². The molecule has 0 spiro atoms. The number of thiocarbonyl (C=S) groups is 1. The molecular weight excluding hydrogens is 502 g/mol. The molecule has 0 bridgehead atoms. The third-order valence-electron chi connectivity index (χ3n) is 4.56. The van der Waals surface area contributed by atoms with Crippen LogP contribution in [0.4, 0.5) is 5.69 Å². The Hall–Kier alpha value is -3.23. The molecule has 3 aromatic rings. The van der Waals surface area contributed by atoms with E-state index in [1.54, 1.807) is 42.5 Å². The van der Waals surface area contributed by atoms with Crippen molar-refractivity contribution in [2.75, 3.05) is 11.9 Å². The average molecular weight is 526 g/mol. The first kappa shape index (κ1) is 24.4. The maximum atomic E-state index is 12.6. The highest BCUT2D eigenvalue weighted by molar-refractivity contribution is 9.10. The summed E-state index contributed by atoms with van der Waals surface area (Å²) >= 11 is 8.70. The molecule has 0 heterocycles. The van der Waals surface area contributed by atoms with Crippen molar-refractivity contribution in [3.63, 3.8) is 0 Å². The number of ether oxygens (including phenoxy) is 1. The lowest BCUT2D eigenvalue weighted by Gasteiger charge is -2.12. The molecule has 33 heavy (non-hydrogen) atoms. The second-order valence-electron chi connectivity index (χ2n) is 7.15. The molecule has 0 aliphatic heterocycles. The van der Waals surface area contributed by atoms with E-state index < -0.39 is 0 Å². The molecule has 3 N–H and O–H groups in total. The van der Waals surface area contributed by atoms with Gasteiger partial charge in [-0.05, 0) is 76.5 Å². The molecule has 6 nitrogen and oxygen atoms in total. The van der Waals surface area contributed by atoms with E-state index in [-0.39, 0.29) is 16.9 Å². The predicted octanol–water partition coefficient (Wildman–Crippen LogP) is 5.29. The zero-order valence-electron chi connectivity index (χ0n) is 18.1. The zero-order chi connectivity index (χ0) is 23.6. The zero-order valence-corrected chi connectivity index (χ0v) is 20.5. The van der Waals surface area contributed by atoms with Crippen molar-refractivity contribution < 1.29 is 14.3 Å². The molecule has 170 valence electrons. The summed E-state index contributed by atoms with van der Waals surface area (Å²) in [5.41, 5.74) is 2.53. The van der Waals surface area contributed by atoms with Crippen LogP contribution in [-0.2, 0) is 6.54 Å². The van der Waals surface area contributed by atoms with Gasteiger partial charge in [0.25, 0.3) is 11.8 Å². The van der Waals surface area contributed by atoms with Crippen LogP contribution in [0.3, 0.4) is 0 Å². The quantitative estimate of drug-likeness (QED) is 0.348. The molecule has 0 aliphatic rings. The van der Waals surface area contributed by atoms with Gasteiger partial charge in [-0.3, -0.25) is 14.9 Å². The van der Waals surface area contributed by atoms with Gasteiger partial charge in [0.05, 0.1) is 11.1 Å². The van der Waals surface area contributed by atoms with E-state index in [0.717, 1.165) is 12.0 Å². The second kappa shape index (κ2) is 12.1. The Labute approximate surface area is 206 Å². The summed E-state index contributed by atoms with van der Waals surface area (Å²) in [6, 6.07) is 21.7. The molecule has 0 saturated carbocycles. The van der Waals surface area contributed by atoms with E-state index in [0.29, 0.717) is 40.2 Å². The smallest absolute Gasteiger partial charge is 0.257 e. The van der Waals surface area contributed by atoms with Crippen LogP contribution < -0.4 is 20.7 Å². The van der Waals surface area contributed by atoms with Crippen molar-refractivity contribution in [2.45, 2.75) is 19.9 Å². The maximum Gasteiger partial charge on any atom is 0.257 e. The molecule has 0 aliphatic carbocycles. The van der Waals surface area contributed by atoms with Crippen LogP contribution in [0, 0.1) is 0 Å². The number of amides is 2. The fraction of sp³-hybridized carbons (Fsp3) is 0.160. The topological polar surface area (TPSA) is 79.5 Å². The van der Waals surface area contributed by atoms with E-state index in [2.05, 4.69) is 31.9 Å². The molecular formula is C25H24BrN3O3S. The summed E-state index contributed by atoms with van der Waals surface area (Å²) in [6.07, 6.45) is 0.893. The fourth-order valence-corrected chi connectivity index (χ4v) is 3.63. The number of anilines is 1. The van der Waals surface area contributed by atoms with E-state index in [4.69, 9.17) is 17.0 Å². The number of halogens is 1.